The Hall–Kier alpha value is -2.38. The highest BCUT2D eigenvalue weighted by molar-refractivity contribution is 5.91. The van der Waals surface area contributed by atoms with Crippen molar-refractivity contribution in [3.8, 4) is 5.75 Å². The van der Waals surface area contributed by atoms with E-state index in [0.29, 0.717) is 30.6 Å². The minimum atomic E-state index is -0.173. The Labute approximate surface area is 166 Å². The maximum absolute atomic E-state index is 12.0. The highest BCUT2D eigenvalue weighted by Gasteiger charge is 2.20. The van der Waals surface area contributed by atoms with Gasteiger partial charge in [-0.1, -0.05) is 26.0 Å². The third-order valence-electron chi connectivity index (χ3n) is 4.84. The van der Waals surface area contributed by atoms with E-state index in [9.17, 15) is 4.79 Å². The molecule has 1 amide bonds. The van der Waals surface area contributed by atoms with Gasteiger partial charge in [0, 0.05) is 39.3 Å². The molecule has 1 aromatic carbocycles. The smallest absolute Gasteiger partial charge is 0.273 e. The van der Waals surface area contributed by atoms with Crippen LogP contribution in [0, 0.1) is 5.92 Å². The summed E-state index contributed by atoms with van der Waals surface area (Å²) in [5.41, 5.74) is 1.65. The predicted molar refractivity (Wildman–Crippen MR) is 107 cm³/mol. The first-order chi connectivity index (χ1) is 13.5. The van der Waals surface area contributed by atoms with Crippen LogP contribution in [0.4, 0.5) is 0 Å². The number of hydrogen-bond donors (Lipinski definition) is 1. The Morgan fingerprint density at radius 2 is 1.79 bits per heavy atom. The molecule has 0 radical (unpaired) electrons. The fourth-order valence-corrected chi connectivity index (χ4v) is 3.16. The Bertz CT molecular complexity index is 749. The lowest BCUT2D eigenvalue weighted by Gasteiger charge is -2.34. The van der Waals surface area contributed by atoms with Crippen LogP contribution in [0.25, 0.3) is 0 Å². The number of piperazine rings is 1. The topological polar surface area (TPSA) is 70.8 Å². The molecule has 2 aromatic rings. The van der Waals surface area contributed by atoms with Gasteiger partial charge in [0.05, 0.1) is 13.7 Å². The molecule has 152 valence electrons. The van der Waals surface area contributed by atoms with Crippen LogP contribution in [0.15, 0.2) is 34.9 Å². The van der Waals surface area contributed by atoms with Crippen LogP contribution < -0.4 is 10.1 Å². The van der Waals surface area contributed by atoms with Crippen LogP contribution in [-0.2, 0) is 13.1 Å². The maximum Gasteiger partial charge on any atom is 0.273 e. The summed E-state index contributed by atoms with van der Waals surface area (Å²) in [5, 5.41) is 2.86. The van der Waals surface area contributed by atoms with E-state index in [-0.39, 0.29) is 5.91 Å². The molecule has 28 heavy (non-hydrogen) atoms. The molecule has 0 saturated carbocycles. The summed E-state index contributed by atoms with van der Waals surface area (Å²) in [5.74, 6) is 1.72. The lowest BCUT2D eigenvalue weighted by Crippen LogP contribution is -2.45. The summed E-state index contributed by atoms with van der Waals surface area (Å²) in [4.78, 5) is 21.1. The first-order valence-electron chi connectivity index (χ1n) is 9.83. The second kappa shape index (κ2) is 9.71. The van der Waals surface area contributed by atoms with Crippen LogP contribution in [0.5, 0.6) is 5.75 Å². The van der Waals surface area contributed by atoms with Gasteiger partial charge >= 0.3 is 0 Å². The van der Waals surface area contributed by atoms with E-state index in [1.807, 2.05) is 12.1 Å². The zero-order chi connectivity index (χ0) is 19.9. The first-order valence-corrected chi connectivity index (χ1v) is 9.83. The highest BCUT2D eigenvalue weighted by Crippen LogP contribution is 2.15. The molecule has 0 aliphatic carbocycles. The molecule has 1 fully saturated rings. The van der Waals surface area contributed by atoms with Crippen molar-refractivity contribution in [3.05, 3.63) is 47.7 Å². The molecule has 1 aliphatic heterocycles. The van der Waals surface area contributed by atoms with Crippen molar-refractivity contribution in [1.82, 2.24) is 20.1 Å². The molecule has 2 heterocycles. The number of carbonyl (C=O) groups is 1. The van der Waals surface area contributed by atoms with Gasteiger partial charge in [-0.25, -0.2) is 4.98 Å². The Kier molecular flexibility index (Phi) is 7.06. The van der Waals surface area contributed by atoms with Crippen molar-refractivity contribution in [2.45, 2.75) is 26.9 Å². The van der Waals surface area contributed by atoms with E-state index in [1.54, 1.807) is 7.11 Å². The van der Waals surface area contributed by atoms with E-state index in [2.05, 4.69) is 46.1 Å². The van der Waals surface area contributed by atoms with Crippen LogP contribution in [-0.4, -0.2) is 60.5 Å². The lowest BCUT2D eigenvalue weighted by molar-refractivity contribution is 0.0943. The average Bonchev–Trinajstić information content (AvgIpc) is 3.17. The second-order valence-corrected chi connectivity index (χ2v) is 7.63. The molecule has 1 saturated heterocycles. The minimum absolute atomic E-state index is 0.173. The molecule has 0 spiro atoms. The van der Waals surface area contributed by atoms with Gasteiger partial charge in [-0.3, -0.25) is 14.6 Å². The largest absolute Gasteiger partial charge is 0.497 e. The summed E-state index contributed by atoms with van der Waals surface area (Å²) in [6.07, 6.45) is 1.45. The monoisotopic (exact) mass is 386 g/mol. The molecular weight excluding hydrogens is 356 g/mol. The molecule has 7 heteroatoms. The fourth-order valence-electron chi connectivity index (χ4n) is 3.16. The highest BCUT2D eigenvalue weighted by atomic mass is 16.5. The van der Waals surface area contributed by atoms with E-state index >= 15 is 0 Å². The summed E-state index contributed by atoms with van der Waals surface area (Å²) in [6.45, 7) is 10.2. The molecule has 1 aromatic heterocycles. The normalized spacial score (nSPS) is 15.7. The maximum atomic E-state index is 12.0. The standard InChI is InChI=1S/C21H30N4O3/c1-16(2)12-22-21(26)19-15-28-20(23-19)14-25-10-8-24(9-11-25)13-17-4-6-18(27-3)7-5-17/h4-7,15-16H,8-14H2,1-3H3,(H,22,26). The molecule has 1 N–H and O–H groups in total. The van der Waals surface area contributed by atoms with Crippen LogP contribution >= 0.6 is 0 Å². The van der Waals surface area contributed by atoms with Crippen LogP contribution in [0.1, 0.15) is 35.8 Å². The number of aromatic nitrogens is 1. The van der Waals surface area contributed by atoms with Crippen molar-refractivity contribution in [2.75, 3.05) is 39.8 Å². The molecule has 0 bridgehead atoms. The fraction of sp³-hybridized carbons (Fsp3) is 0.524. The first kappa shape index (κ1) is 20.4. The van der Waals surface area contributed by atoms with Gasteiger partial charge in [0.1, 0.15) is 12.0 Å². The zero-order valence-corrected chi connectivity index (χ0v) is 17.0. The van der Waals surface area contributed by atoms with E-state index < -0.39 is 0 Å². The van der Waals surface area contributed by atoms with Gasteiger partial charge in [-0.15, -0.1) is 0 Å². The number of rotatable bonds is 8. The molecule has 1 aliphatic rings. The number of oxazole rings is 1. The third-order valence-corrected chi connectivity index (χ3v) is 4.84. The van der Waals surface area contributed by atoms with Gasteiger partial charge in [0.15, 0.2) is 5.69 Å². The summed E-state index contributed by atoms with van der Waals surface area (Å²) < 4.78 is 10.7. The number of nitrogens with one attached hydrogen (secondary N) is 1. The number of amides is 1. The predicted octanol–water partition coefficient (Wildman–Crippen LogP) is 2.39. The molecule has 7 nitrogen and oxygen atoms in total. The van der Waals surface area contributed by atoms with E-state index in [0.717, 1.165) is 38.5 Å². The van der Waals surface area contributed by atoms with Gasteiger partial charge in [0.2, 0.25) is 5.89 Å². The van der Waals surface area contributed by atoms with Crippen molar-refractivity contribution in [3.63, 3.8) is 0 Å². The van der Waals surface area contributed by atoms with Gasteiger partial charge in [-0.2, -0.15) is 0 Å². The van der Waals surface area contributed by atoms with Crippen LogP contribution in [0.3, 0.4) is 0 Å². The number of benzene rings is 1. The quantitative estimate of drug-likeness (QED) is 0.751. The third kappa shape index (κ3) is 5.81. The van der Waals surface area contributed by atoms with Crippen molar-refractivity contribution >= 4 is 5.91 Å². The summed E-state index contributed by atoms with van der Waals surface area (Å²) >= 11 is 0. The zero-order valence-electron chi connectivity index (χ0n) is 17.0. The van der Waals surface area contributed by atoms with Gasteiger partial charge in [-0.05, 0) is 23.6 Å². The molecule has 3 rings (SSSR count). The number of hydrogen-bond acceptors (Lipinski definition) is 6. The van der Waals surface area contributed by atoms with Crippen molar-refractivity contribution < 1.29 is 13.9 Å². The van der Waals surface area contributed by atoms with Gasteiger partial charge in [0.25, 0.3) is 5.91 Å². The SMILES string of the molecule is COc1ccc(CN2CCN(Cc3nc(C(=O)NCC(C)C)co3)CC2)cc1. The van der Waals surface area contributed by atoms with Crippen molar-refractivity contribution in [1.29, 1.82) is 0 Å². The Morgan fingerprint density at radius 1 is 1.14 bits per heavy atom. The number of ether oxygens (including phenoxy) is 1. The second-order valence-electron chi connectivity index (χ2n) is 7.63. The summed E-state index contributed by atoms with van der Waals surface area (Å²) in [6, 6.07) is 8.24. The molecular formula is C21H30N4O3. The van der Waals surface area contributed by atoms with Crippen molar-refractivity contribution in [2.24, 2.45) is 5.92 Å². The Morgan fingerprint density at radius 3 is 2.39 bits per heavy atom. The van der Waals surface area contributed by atoms with E-state index in [4.69, 9.17) is 9.15 Å². The molecule has 0 atom stereocenters. The van der Waals surface area contributed by atoms with Gasteiger partial charge < -0.3 is 14.5 Å². The Balaban J connectivity index is 1.43. The number of nitrogens with zero attached hydrogens (tertiary/aromatic N) is 3. The molecule has 0 unspecified atom stereocenters. The average molecular weight is 386 g/mol. The lowest BCUT2D eigenvalue weighted by atomic mass is 10.2. The van der Waals surface area contributed by atoms with Crippen LogP contribution in [0.2, 0.25) is 0 Å². The summed E-state index contributed by atoms with van der Waals surface area (Å²) in [7, 11) is 1.68. The number of carbonyl (C=O) groups excluding carboxylic acids is 1. The minimum Gasteiger partial charge on any atom is -0.497 e. The van der Waals surface area contributed by atoms with E-state index in [1.165, 1.54) is 11.8 Å². The number of methoxy groups -OCH3 is 1.